The maximum Gasteiger partial charge on any atom is 2.00 e. The van der Waals surface area contributed by atoms with Gasteiger partial charge in [0.05, 0.1) is 11.1 Å². The Bertz CT molecular complexity index is 2550. The van der Waals surface area contributed by atoms with Crippen LogP contribution in [0, 0.1) is 26.0 Å². The van der Waals surface area contributed by atoms with E-state index in [1.807, 2.05) is 18.2 Å². The topological polar surface area (TPSA) is 35.6 Å². The molecule has 0 unspecified atom stereocenters. The Balaban J connectivity index is 0.00000387. The number of aromatic nitrogens is 4. The van der Waals surface area contributed by atoms with E-state index in [1.54, 1.807) is 0 Å². The number of imidazole rings is 1. The van der Waals surface area contributed by atoms with Crippen molar-refractivity contribution in [1.29, 1.82) is 0 Å². The van der Waals surface area contributed by atoms with Crippen LogP contribution < -0.4 is 21.1 Å². The molecule has 52 heavy (non-hydrogen) atoms. The van der Waals surface area contributed by atoms with Crippen molar-refractivity contribution in [2.45, 2.75) is 13.8 Å². The molecule has 0 radical (unpaired) electrons. The number of benzene rings is 6. The van der Waals surface area contributed by atoms with Gasteiger partial charge in [0, 0.05) is 16.5 Å². The number of para-hydroxylation sites is 3. The van der Waals surface area contributed by atoms with E-state index in [0.717, 1.165) is 49.9 Å². The second-order valence-electron chi connectivity index (χ2n) is 13.0. The summed E-state index contributed by atoms with van der Waals surface area (Å²) in [5.41, 5.74) is 8.44. The summed E-state index contributed by atoms with van der Waals surface area (Å²) in [5.74, 6) is 0.853. The molecular weight excluding hydrogens is 832 g/mol. The van der Waals surface area contributed by atoms with Gasteiger partial charge < -0.3 is 9.13 Å². The number of rotatable bonds is 7. The van der Waals surface area contributed by atoms with E-state index in [9.17, 15) is 0 Å². The van der Waals surface area contributed by atoms with Crippen LogP contribution in [-0.4, -0.2) is 27.2 Å². The summed E-state index contributed by atoms with van der Waals surface area (Å²) in [6.07, 6.45) is 2.20. The molecule has 6 heteroatoms. The third-order valence-electron chi connectivity index (χ3n) is 9.96. The molecule has 0 saturated heterocycles. The first-order chi connectivity index (χ1) is 25.1. The largest absolute Gasteiger partial charge is 2.00 e. The summed E-state index contributed by atoms with van der Waals surface area (Å²) in [5, 5.41) is 5.75. The van der Waals surface area contributed by atoms with E-state index in [2.05, 4.69) is 187 Å². The average molecular weight is 866 g/mol. The molecule has 252 valence electrons. The van der Waals surface area contributed by atoms with Gasteiger partial charge in [0.2, 0.25) is 8.07 Å². The van der Waals surface area contributed by atoms with Crippen molar-refractivity contribution in [3.8, 4) is 22.8 Å². The zero-order chi connectivity index (χ0) is 34.4. The summed E-state index contributed by atoms with van der Waals surface area (Å²) in [6, 6.07) is 64.7. The van der Waals surface area contributed by atoms with E-state index >= 15 is 0 Å². The molecule has 0 amide bonds. The van der Waals surface area contributed by atoms with E-state index in [4.69, 9.17) is 9.97 Å². The number of hydrogen-bond acceptors (Lipinski definition) is 2. The van der Waals surface area contributed by atoms with Gasteiger partial charge in [0.25, 0.3) is 0 Å². The molecule has 4 nitrogen and oxygen atoms in total. The molecule has 6 aromatic carbocycles. The van der Waals surface area contributed by atoms with Crippen LogP contribution >= 0.6 is 0 Å². The predicted octanol–water partition coefficient (Wildman–Crippen LogP) is 7.62. The van der Waals surface area contributed by atoms with Crippen LogP contribution in [0.25, 0.3) is 44.6 Å². The van der Waals surface area contributed by atoms with Crippen molar-refractivity contribution in [2.75, 3.05) is 0 Å². The Hall–Kier alpha value is -5.61. The first-order valence-electron chi connectivity index (χ1n) is 17.3. The first kappa shape index (κ1) is 33.5. The fraction of sp³-hybridized carbons (Fsp3) is 0.0435. The van der Waals surface area contributed by atoms with E-state index in [1.165, 1.54) is 26.9 Å². The number of fused-ring (bicyclic) bond motifs is 3. The SMILES string of the molecule is Cc1cccc(C)c1-n1cc(-c2[c-]cccc2)nc1[Si](c1ccccc1)(c1ccccc1)c1cccc(-n2c3[c-]cccc3c3ccccc32)n1.[Pt+2]. The van der Waals surface area contributed by atoms with Gasteiger partial charge in [-0.05, 0) is 65.1 Å². The van der Waals surface area contributed by atoms with E-state index in [0.29, 0.717) is 0 Å². The predicted molar refractivity (Wildman–Crippen MR) is 212 cm³/mol. The van der Waals surface area contributed by atoms with Crippen LogP contribution in [-0.2, 0) is 21.1 Å². The summed E-state index contributed by atoms with van der Waals surface area (Å²) in [7, 11) is -3.26. The van der Waals surface area contributed by atoms with Gasteiger partial charge in [-0.25, -0.2) is 4.98 Å². The molecule has 3 aromatic heterocycles. The molecule has 0 spiro atoms. The summed E-state index contributed by atoms with van der Waals surface area (Å²) in [6.45, 7) is 4.37. The second kappa shape index (κ2) is 13.8. The monoisotopic (exact) mass is 865 g/mol. The zero-order valence-corrected chi connectivity index (χ0v) is 32.0. The van der Waals surface area contributed by atoms with Crippen molar-refractivity contribution < 1.29 is 21.1 Å². The Morgan fingerprint density at radius 2 is 1.19 bits per heavy atom. The molecule has 0 bridgehead atoms. The van der Waals surface area contributed by atoms with Crippen LogP contribution in [0.5, 0.6) is 0 Å². The van der Waals surface area contributed by atoms with Crippen LogP contribution in [0.2, 0.25) is 0 Å². The zero-order valence-electron chi connectivity index (χ0n) is 28.8. The third kappa shape index (κ3) is 5.40. The number of nitrogens with zero attached hydrogens (tertiary/aromatic N) is 4. The molecule has 3 heterocycles. The molecule has 0 N–H and O–H groups in total. The average Bonchev–Trinajstić information content (AvgIpc) is 3.77. The molecule has 0 atom stereocenters. The van der Waals surface area contributed by atoms with Gasteiger partial charge in [-0.3, -0.25) is 4.98 Å². The van der Waals surface area contributed by atoms with Gasteiger partial charge in [-0.1, -0.05) is 109 Å². The summed E-state index contributed by atoms with van der Waals surface area (Å²) < 4.78 is 4.61. The van der Waals surface area contributed by atoms with Gasteiger partial charge in [0.15, 0.2) is 0 Å². The van der Waals surface area contributed by atoms with Crippen molar-refractivity contribution in [2.24, 2.45) is 0 Å². The van der Waals surface area contributed by atoms with Gasteiger partial charge in [-0.2, -0.15) is 24.3 Å². The first-order valence-corrected chi connectivity index (χ1v) is 19.3. The van der Waals surface area contributed by atoms with Crippen molar-refractivity contribution in [1.82, 2.24) is 19.1 Å². The number of aryl methyl sites for hydroxylation is 2. The van der Waals surface area contributed by atoms with Crippen LogP contribution in [0.1, 0.15) is 11.1 Å². The van der Waals surface area contributed by atoms with Crippen LogP contribution in [0.3, 0.4) is 0 Å². The van der Waals surface area contributed by atoms with E-state index in [-0.39, 0.29) is 21.1 Å². The third-order valence-corrected chi connectivity index (χ3v) is 14.4. The molecule has 0 fully saturated rings. The second-order valence-corrected chi connectivity index (χ2v) is 16.6. The normalized spacial score (nSPS) is 11.5. The standard InChI is InChI=1S/C46H34N4Si.Pt/c1-33-18-16-19-34(2)45(33)49-32-40(35-20-6-3-7-21-35)47-46(49)51(36-22-8-4-9-23-36,37-24-10-5-11-25-37)44-31-17-30-43(48-44)50-41-28-14-12-26-38(41)39-27-13-15-29-42(39)50;/h3-20,22-28,30-32H,1-2H3;/q-2;+2. The van der Waals surface area contributed by atoms with Gasteiger partial charge in [0.1, 0.15) is 5.82 Å². The van der Waals surface area contributed by atoms with Gasteiger partial charge >= 0.3 is 21.1 Å². The van der Waals surface area contributed by atoms with Crippen molar-refractivity contribution in [3.63, 3.8) is 0 Å². The fourth-order valence-corrected chi connectivity index (χ4v) is 12.2. The Labute approximate surface area is 319 Å². The molecule has 0 saturated carbocycles. The maximum atomic E-state index is 5.72. The van der Waals surface area contributed by atoms with Crippen LogP contribution in [0.15, 0.2) is 170 Å². The molecule has 0 aliphatic heterocycles. The Kier molecular flexibility index (Phi) is 8.92. The minimum atomic E-state index is -3.26. The smallest absolute Gasteiger partial charge is 0.319 e. The summed E-state index contributed by atoms with van der Waals surface area (Å²) in [4.78, 5) is 11.4. The Morgan fingerprint density at radius 3 is 1.90 bits per heavy atom. The van der Waals surface area contributed by atoms with Crippen molar-refractivity contribution >= 4 is 51.0 Å². The molecule has 0 aliphatic carbocycles. The molecular formula is C46H34N4PtSi. The minimum absolute atomic E-state index is 0. The summed E-state index contributed by atoms with van der Waals surface area (Å²) >= 11 is 0. The maximum absolute atomic E-state index is 5.72. The van der Waals surface area contributed by atoms with Crippen molar-refractivity contribution in [3.05, 3.63) is 193 Å². The fourth-order valence-electron chi connectivity index (χ4n) is 7.74. The van der Waals surface area contributed by atoms with Crippen LogP contribution in [0.4, 0.5) is 0 Å². The molecule has 0 aliphatic rings. The number of pyridine rings is 1. The minimum Gasteiger partial charge on any atom is -0.319 e. The van der Waals surface area contributed by atoms with Gasteiger partial charge in [-0.15, -0.1) is 41.3 Å². The number of hydrogen-bond donors (Lipinski definition) is 0. The quantitative estimate of drug-likeness (QED) is 0.122. The molecule has 9 aromatic rings. The van der Waals surface area contributed by atoms with E-state index < -0.39 is 8.07 Å². The Morgan fingerprint density at radius 1 is 0.558 bits per heavy atom. The molecule has 9 rings (SSSR count).